The summed E-state index contributed by atoms with van der Waals surface area (Å²) in [7, 11) is 0. The molecule has 62 valence electrons. The van der Waals surface area contributed by atoms with Gasteiger partial charge >= 0.3 is 6.09 Å². The number of nitrogens with two attached hydrogens (primary N) is 1. The molecule has 0 aromatic heterocycles. The Labute approximate surface area is 66.5 Å². The molecule has 0 aromatic carbocycles. The summed E-state index contributed by atoms with van der Waals surface area (Å²) in [5.41, 5.74) is 7.38. The maximum Gasteiger partial charge on any atom is 0.405 e. The van der Waals surface area contributed by atoms with Gasteiger partial charge in [0.15, 0.2) is 0 Å². The van der Waals surface area contributed by atoms with Gasteiger partial charge in [-0.15, -0.1) is 5.73 Å². The first-order valence-electron chi connectivity index (χ1n) is 3.40. The molecule has 0 aliphatic heterocycles. The summed E-state index contributed by atoms with van der Waals surface area (Å²) in [4.78, 5) is 10.3. The average Bonchev–Trinajstić information content (AvgIpc) is 1.86. The molecule has 0 rings (SSSR count). The summed E-state index contributed by atoms with van der Waals surface area (Å²) in [6.45, 7) is 7.21. The Balaban J connectivity index is 4.10. The van der Waals surface area contributed by atoms with Crippen LogP contribution in [0, 0.1) is 5.92 Å². The van der Waals surface area contributed by atoms with Crippen LogP contribution in [0.3, 0.4) is 0 Å². The Morgan fingerprint density at radius 1 is 1.73 bits per heavy atom. The van der Waals surface area contributed by atoms with E-state index in [1.54, 1.807) is 6.08 Å². The smallest absolute Gasteiger partial charge is 0.405 e. The summed E-state index contributed by atoms with van der Waals surface area (Å²) in [5.74, 6) is 0.191. The first kappa shape index (κ1) is 9.79. The van der Waals surface area contributed by atoms with Gasteiger partial charge in [-0.05, 0) is 12.0 Å². The highest BCUT2D eigenvalue weighted by molar-refractivity contribution is 5.65. The molecular formula is C8H13NO2. The molecule has 3 heteroatoms. The number of hydrogen-bond acceptors (Lipinski definition) is 2. The molecule has 3 nitrogen and oxygen atoms in total. The zero-order valence-electron chi connectivity index (χ0n) is 6.83. The molecule has 1 amide bonds. The van der Waals surface area contributed by atoms with E-state index in [0.29, 0.717) is 0 Å². The second-order valence-electron chi connectivity index (χ2n) is 2.52. The van der Waals surface area contributed by atoms with E-state index >= 15 is 0 Å². The highest BCUT2D eigenvalue weighted by Gasteiger charge is 2.12. The normalized spacial score (nSPS) is 11.9. The van der Waals surface area contributed by atoms with Crippen molar-refractivity contribution in [2.75, 3.05) is 0 Å². The van der Waals surface area contributed by atoms with Crippen LogP contribution in [0.15, 0.2) is 18.4 Å². The standard InChI is InChI=1S/C8H13NO2/c1-4-5-7(6(2)3)11-8(9)10/h5-7H,1H2,2-3H3,(H2,9,10). The van der Waals surface area contributed by atoms with Crippen molar-refractivity contribution in [1.29, 1.82) is 0 Å². The number of carbonyl (C=O) groups excluding carboxylic acids is 1. The molecule has 1 unspecified atom stereocenters. The molecule has 0 fully saturated rings. The van der Waals surface area contributed by atoms with Gasteiger partial charge in [0, 0.05) is 0 Å². The average molecular weight is 155 g/mol. The summed E-state index contributed by atoms with van der Waals surface area (Å²) in [6.07, 6.45) is 0.496. The van der Waals surface area contributed by atoms with Crippen LogP contribution >= 0.6 is 0 Å². The van der Waals surface area contributed by atoms with E-state index in [9.17, 15) is 4.79 Å². The maximum absolute atomic E-state index is 10.3. The minimum Gasteiger partial charge on any atom is -0.441 e. The van der Waals surface area contributed by atoms with E-state index in [1.807, 2.05) is 13.8 Å². The Bertz CT molecular complexity index is 181. The van der Waals surface area contributed by atoms with Gasteiger partial charge in [0.05, 0.1) is 0 Å². The summed E-state index contributed by atoms with van der Waals surface area (Å²) in [5, 5.41) is 0. The third-order valence-electron chi connectivity index (χ3n) is 1.19. The predicted molar refractivity (Wildman–Crippen MR) is 43.0 cm³/mol. The van der Waals surface area contributed by atoms with Gasteiger partial charge in [-0.25, -0.2) is 4.79 Å². The van der Waals surface area contributed by atoms with E-state index in [1.165, 1.54) is 0 Å². The fraction of sp³-hybridized carbons (Fsp3) is 0.500. The number of rotatable bonds is 3. The molecule has 1 atom stereocenters. The summed E-state index contributed by atoms with van der Waals surface area (Å²) in [6, 6.07) is 0. The molecule has 2 N–H and O–H groups in total. The number of primary amides is 1. The fourth-order valence-electron chi connectivity index (χ4n) is 0.613. The lowest BCUT2D eigenvalue weighted by Crippen LogP contribution is -2.25. The highest BCUT2D eigenvalue weighted by Crippen LogP contribution is 2.06. The van der Waals surface area contributed by atoms with Gasteiger partial charge in [-0.3, -0.25) is 0 Å². The lowest BCUT2D eigenvalue weighted by Gasteiger charge is -2.14. The molecule has 11 heavy (non-hydrogen) atoms. The van der Waals surface area contributed by atoms with E-state index in [0.717, 1.165) is 0 Å². The van der Waals surface area contributed by atoms with Crippen LogP contribution in [-0.2, 0) is 4.74 Å². The van der Waals surface area contributed by atoms with Crippen molar-refractivity contribution in [2.45, 2.75) is 20.0 Å². The van der Waals surface area contributed by atoms with Crippen LogP contribution in [0.4, 0.5) is 4.79 Å². The van der Waals surface area contributed by atoms with Crippen molar-refractivity contribution in [3.8, 4) is 0 Å². The predicted octanol–water partition coefficient (Wildman–Crippen LogP) is 1.45. The summed E-state index contributed by atoms with van der Waals surface area (Å²) < 4.78 is 4.73. The first-order valence-corrected chi connectivity index (χ1v) is 3.40. The zero-order chi connectivity index (χ0) is 8.85. The van der Waals surface area contributed by atoms with Crippen LogP contribution in [-0.4, -0.2) is 12.2 Å². The molecule has 0 aliphatic carbocycles. The van der Waals surface area contributed by atoms with Crippen molar-refractivity contribution in [1.82, 2.24) is 0 Å². The largest absolute Gasteiger partial charge is 0.441 e. The Morgan fingerprint density at radius 2 is 2.27 bits per heavy atom. The lowest BCUT2D eigenvalue weighted by atomic mass is 10.1. The van der Waals surface area contributed by atoms with Gasteiger partial charge in [0.2, 0.25) is 0 Å². The molecule has 0 radical (unpaired) electrons. The third-order valence-corrected chi connectivity index (χ3v) is 1.19. The van der Waals surface area contributed by atoms with Crippen molar-refractivity contribution < 1.29 is 9.53 Å². The Kier molecular flexibility index (Phi) is 4.08. The van der Waals surface area contributed by atoms with Crippen LogP contribution in [0.5, 0.6) is 0 Å². The van der Waals surface area contributed by atoms with Crippen LogP contribution in [0.2, 0.25) is 0 Å². The third kappa shape index (κ3) is 4.23. The Morgan fingerprint density at radius 3 is 2.55 bits per heavy atom. The van der Waals surface area contributed by atoms with E-state index in [2.05, 4.69) is 12.3 Å². The second kappa shape index (κ2) is 4.58. The molecule has 0 bridgehead atoms. The SMILES string of the molecule is C=C=CC(OC(N)=O)C(C)C. The van der Waals surface area contributed by atoms with Gasteiger partial charge in [0.25, 0.3) is 0 Å². The maximum atomic E-state index is 10.3. The number of hydrogen-bond donors (Lipinski definition) is 1. The summed E-state index contributed by atoms with van der Waals surface area (Å²) >= 11 is 0. The van der Waals surface area contributed by atoms with E-state index in [-0.39, 0.29) is 12.0 Å². The second-order valence-corrected chi connectivity index (χ2v) is 2.52. The van der Waals surface area contributed by atoms with Gasteiger partial charge < -0.3 is 10.5 Å². The van der Waals surface area contributed by atoms with Gasteiger partial charge in [-0.2, -0.15) is 0 Å². The van der Waals surface area contributed by atoms with Crippen LogP contribution in [0.25, 0.3) is 0 Å². The monoisotopic (exact) mass is 155 g/mol. The molecule has 0 aromatic rings. The van der Waals surface area contributed by atoms with Crippen molar-refractivity contribution in [2.24, 2.45) is 11.7 Å². The highest BCUT2D eigenvalue weighted by atomic mass is 16.6. The molecule has 0 spiro atoms. The molecular weight excluding hydrogens is 142 g/mol. The van der Waals surface area contributed by atoms with Crippen molar-refractivity contribution in [3.63, 3.8) is 0 Å². The fourth-order valence-corrected chi connectivity index (χ4v) is 0.613. The van der Waals surface area contributed by atoms with Crippen molar-refractivity contribution in [3.05, 3.63) is 18.4 Å². The number of ether oxygens (including phenoxy) is 1. The minimum absolute atomic E-state index is 0.191. The lowest BCUT2D eigenvalue weighted by molar-refractivity contribution is 0.106. The minimum atomic E-state index is -0.768. The van der Waals surface area contributed by atoms with Crippen molar-refractivity contribution >= 4 is 6.09 Å². The molecule has 0 saturated carbocycles. The molecule has 0 heterocycles. The van der Waals surface area contributed by atoms with Gasteiger partial charge in [-0.1, -0.05) is 20.4 Å². The quantitative estimate of drug-likeness (QED) is 0.627. The number of carbonyl (C=O) groups is 1. The molecule has 0 saturated heterocycles. The van der Waals surface area contributed by atoms with E-state index in [4.69, 9.17) is 10.5 Å². The topological polar surface area (TPSA) is 52.3 Å². The first-order chi connectivity index (χ1) is 5.07. The number of amides is 1. The zero-order valence-corrected chi connectivity index (χ0v) is 6.83. The Hall–Kier alpha value is -1.21. The van der Waals surface area contributed by atoms with Crippen LogP contribution < -0.4 is 5.73 Å². The van der Waals surface area contributed by atoms with Crippen LogP contribution in [0.1, 0.15) is 13.8 Å². The van der Waals surface area contributed by atoms with E-state index < -0.39 is 6.09 Å². The molecule has 0 aliphatic rings. The van der Waals surface area contributed by atoms with Gasteiger partial charge in [0.1, 0.15) is 6.10 Å².